The molecule has 1 aromatic rings. The van der Waals surface area contributed by atoms with Crippen LogP contribution in [0.4, 0.5) is 5.69 Å². The van der Waals surface area contributed by atoms with Gasteiger partial charge in [0.1, 0.15) is 0 Å². The van der Waals surface area contributed by atoms with Gasteiger partial charge in [-0.25, -0.2) is 0 Å². The first-order chi connectivity index (χ1) is 10.1. The lowest BCUT2D eigenvalue weighted by Gasteiger charge is -2.34. The summed E-state index contributed by atoms with van der Waals surface area (Å²) in [7, 11) is 0. The monoisotopic (exact) mass is 309 g/mol. The van der Waals surface area contributed by atoms with Gasteiger partial charge in [-0.1, -0.05) is 18.5 Å². The first kappa shape index (κ1) is 16.3. The predicted molar refractivity (Wildman–Crippen MR) is 87.6 cm³/mol. The minimum atomic E-state index is 0.0223. The van der Waals surface area contributed by atoms with Crippen molar-refractivity contribution in [1.29, 1.82) is 0 Å². The molecule has 1 aromatic carbocycles. The van der Waals surface area contributed by atoms with Crippen LogP contribution in [-0.4, -0.2) is 36.0 Å². The van der Waals surface area contributed by atoms with Crippen LogP contribution in [0, 0.1) is 0 Å². The maximum absolute atomic E-state index is 12.2. The van der Waals surface area contributed by atoms with Crippen LogP contribution < -0.4 is 11.1 Å². The number of rotatable bonds is 5. The van der Waals surface area contributed by atoms with E-state index in [0.29, 0.717) is 23.7 Å². The van der Waals surface area contributed by atoms with Gasteiger partial charge in [-0.2, -0.15) is 0 Å². The summed E-state index contributed by atoms with van der Waals surface area (Å²) in [6.07, 6.45) is 4.28. The number of nitrogens with one attached hydrogen (secondary N) is 1. The maximum Gasteiger partial charge on any atom is 0.238 e. The molecule has 0 atom stereocenters. The highest BCUT2D eigenvalue weighted by Gasteiger charge is 2.24. The second-order valence-electron chi connectivity index (χ2n) is 5.69. The smallest absolute Gasteiger partial charge is 0.238 e. The Morgan fingerprint density at radius 2 is 1.90 bits per heavy atom. The molecule has 5 heteroatoms. The van der Waals surface area contributed by atoms with E-state index in [1.807, 2.05) is 12.1 Å². The van der Waals surface area contributed by atoms with Crippen LogP contribution in [0.2, 0.25) is 5.02 Å². The van der Waals surface area contributed by atoms with E-state index in [4.69, 9.17) is 17.3 Å². The predicted octanol–water partition coefficient (Wildman–Crippen LogP) is 2.87. The molecule has 1 saturated carbocycles. The molecule has 21 heavy (non-hydrogen) atoms. The summed E-state index contributed by atoms with van der Waals surface area (Å²) >= 11 is 5.84. The molecule has 1 aliphatic rings. The summed E-state index contributed by atoms with van der Waals surface area (Å²) in [4.78, 5) is 14.4. The van der Waals surface area contributed by atoms with Crippen LogP contribution in [0.1, 0.15) is 32.6 Å². The number of hydrogen-bond acceptors (Lipinski definition) is 3. The van der Waals surface area contributed by atoms with Gasteiger partial charge in [-0.3, -0.25) is 9.69 Å². The average Bonchev–Trinajstić information content (AvgIpc) is 2.48. The van der Waals surface area contributed by atoms with E-state index in [9.17, 15) is 4.79 Å². The van der Waals surface area contributed by atoms with Crippen molar-refractivity contribution in [2.24, 2.45) is 5.73 Å². The molecule has 1 amide bonds. The first-order valence-electron chi connectivity index (χ1n) is 7.63. The number of amides is 1. The van der Waals surface area contributed by atoms with Crippen molar-refractivity contribution < 1.29 is 4.79 Å². The molecule has 0 saturated heterocycles. The summed E-state index contributed by atoms with van der Waals surface area (Å²) in [6, 6.07) is 7.99. The third kappa shape index (κ3) is 4.99. The number of likely N-dealkylation sites (N-methyl/N-ethyl adjacent to an activating group) is 1. The van der Waals surface area contributed by atoms with E-state index in [1.165, 1.54) is 0 Å². The molecule has 1 aliphatic carbocycles. The van der Waals surface area contributed by atoms with Crippen molar-refractivity contribution in [2.45, 2.75) is 44.7 Å². The topological polar surface area (TPSA) is 58.4 Å². The standard InChI is InChI=1S/C16H24ClN3O/c1-2-20(15-9-5-13(18)6-10-15)11-16(21)19-14-7-3-12(17)4-8-14/h3-4,7-8,13,15H,2,5-6,9-11,18H2,1H3,(H,19,21). The zero-order valence-electron chi connectivity index (χ0n) is 12.5. The zero-order chi connectivity index (χ0) is 15.2. The Balaban J connectivity index is 1.86. The number of carbonyl (C=O) groups excluding carboxylic acids is 1. The van der Waals surface area contributed by atoms with Gasteiger partial charge in [0.05, 0.1) is 6.54 Å². The van der Waals surface area contributed by atoms with Crippen molar-refractivity contribution >= 4 is 23.2 Å². The van der Waals surface area contributed by atoms with Crippen LogP contribution in [0.5, 0.6) is 0 Å². The highest BCUT2D eigenvalue weighted by Crippen LogP contribution is 2.22. The van der Waals surface area contributed by atoms with Gasteiger partial charge in [0.25, 0.3) is 0 Å². The Morgan fingerprint density at radius 1 is 1.29 bits per heavy atom. The fourth-order valence-electron chi connectivity index (χ4n) is 2.88. The SMILES string of the molecule is CCN(CC(=O)Nc1ccc(Cl)cc1)C1CCC(N)CC1. The van der Waals surface area contributed by atoms with Crippen LogP contribution in [0.25, 0.3) is 0 Å². The van der Waals surface area contributed by atoms with E-state index in [1.54, 1.807) is 12.1 Å². The van der Waals surface area contributed by atoms with Crippen molar-refractivity contribution in [3.05, 3.63) is 29.3 Å². The normalized spacial score (nSPS) is 22.3. The highest BCUT2D eigenvalue weighted by atomic mass is 35.5. The zero-order valence-corrected chi connectivity index (χ0v) is 13.3. The molecule has 0 heterocycles. The van der Waals surface area contributed by atoms with Gasteiger partial charge >= 0.3 is 0 Å². The second kappa shape index (κ2) is 7.78. The minimum Gasteiger partial charge on any atom is -0.328 e. The van der Waals surface area contributed by atoms with Crippen LogP contribution in [0.15, 0.2) is 24.3 Å². The lowest BCUT2D eigenvalue weighted by molar-refractivity contribution is -0.118. The van der Waals surface area contributed by atoms with E-state index in [2.05, 4.69) is 17.1 Å². The fourth-order valence-corrected chi connectivity index (χ4v) is 3.01. The van der Waals surface area contributed by atoms with E-state index < -0.39 is 0 Å². The largest absolute Gasteiger partial charge is 0.328 e. The lowest BCUT2D eigenvalue weighted by Crippen LogP contribution is -2.44. The number of nitrogens with zero attached hydrogens (tertiary/aromatic N) is 1. The molecular formula is C16H24ClN3O. The first-order valence-corrected chi connectivity index (χ1v) is 8.01. The number of carbonyl (C=O) groups is 1. The number of nitrogens with two attached hydrogens (primary N) is 1. The quantitative estimate of drug-likeness (QED) is 0.879. The summed E-state index contributed by atoms with van der Waals surface area (Å²) in [5.41, 5.74) is 6.73. The fraction of sp³-hybridized carbons (Fsp3) is 0.562. The Kier molecular flexibility index (Phi) is 6.03. The molecule has 2 rings (SSSR count). The third-order valence-electron chi connectivity index (χ3n) is 4.14. The highest BCUT2D eigenvalue weighted by molar-refractivity contribution is 6.30. The average molecular weight is 310 g/mol. The van der Waals surface area contributed by atoms with Gasteiger partial charge in [0.15, 0.2) is 0 Å². The molecule has 0 aromatic heterocycles. The van der Waals surface area contributed by atoms with Crippen molar-refractivity contribution in [3.63, 3.8) is 0 Å². The Morgan fingerprint density at radius 3 is 2.48 bits per heavy atom. The van der Waals surface area contributed by atoms with E-state index >= 15 is 0 Å². The summed E-state index contributed by atoms with van der Waals surface area (Å²) in [5, 5.41) is 3.59. The molecule has 116 valence electrons. The lowest BCUT2D eigenvalue weighted by atomic mass is 9.91. The third-order valence-corrected chi connectivity index (χ3v) is 4.39. The van der Waals surface area contributed by atoms with Crippen molar-refractivity contribution in [1.82, 2.24) is 4.90 Å². The van der Waals surface area contributed by atoms with Gasteiger partial charge < -0.3 is 11.1 Å². The molecule has 0 bridgehead atoms. The molecule has 0 unspecified atom stereocenters. The van der Waals surface area contributed by atoms with E-state index in [0.717, 1.165) is 37.9 Å². The molecule has 3 N–H and O–H groups in total. The van der Waals surface area contributed by atoms with Gasteiger partial charge in [0, 0.05) is 22.8 Å². The van der Waals surface area contributed by atoms with Gasteiger partial charge in [-0.15, -0.1) is 0 Å². The molecule has 0 spiro atoms. The van der Waals surface area contributed by atoms with Gasteiger partial charge in [-0.05, 0) is 56.5 Å². The Hall–Kier alpha value is -1.10. The van der Waals surface area contributed by atoms with Crippen molar-refractivity contribution in [2.75, 3.05) is 18.4 Å². The Labute approximate surface area is 131 Å². The number of anilines is 1. The summed E-state index contributed by atoms with van der Waals surface area (Å²) in [5.74, 6) is 0.0223. The molecular weight excluding hydrogens is 286 g/mol. The number of halogens is 1. The second-order valence-corrected chi connectivity index (χ2v) is 6.12. The summed E-state index contributed by atoms with van der Waals surface area (Å²) < 4.78 is 0. The van der Waals surface area contributed by atoms with Crippen LogP contribution in [-0.2, 0) is 4.79 Å². The Bertz CT molecular complexity index is 455. The maximum atomic E-state index is 12.2. The van der Waals surface area contributed by atoms with E-state index in [-0.39, 0.29) is 5.91 Å². The van der Waals surface area contributed by atoms with Crippen LogP contribution >= 0.6 is 11.6 Å². The number of benzene rings is 1. The molecule has 0 aliphatic heterocycles. The van der Waals surface area contributed by atoms with Gasteiger partial charge in [0.2, 0.25) is 5.91 Å². The molecule has 4 nitrogen and oxygen atoms in total. The molecule has 0 radical (unpaired) electrons. The van der Waals surface area contributed by atoms with Crippen molar-refractivity contribution in [3.8, 4) is 0 Å². The molecule has 1 fully saturated rings. The van der Waals surface area contributed by atoms with Crippen LogP contribution in [0.3, 0.4) is 0 Å². The number of hydrogen-bond donors (Lipinski definition) is 2. The summed E-state index contributed by atoms with van der Waals surface area (Å²) in [6.45, 7) is 3.41. The minimum absolute atomic E-state index is 0.0223.